The molecule has 1 aliphatic rings. The molecule has 7 nitrogen and oxygen atoms in total. The number of rotatable bonds is 5. The first-order chi connectivity index (χ1) is 16.0. The molecule has 2 aromatic carbocycles. The van der Waals surface area contributed by atoms with Gasteiger partial charge in [-0.3, -0.25) is 18.9 Å². The summed E-state index contributed by atoms with van der Waals surface area (Å²) < 4.78 is 9.41. The van der Waals surface area contributed by atoms with Gasteiger partial charge in [0.05, 0.1) is 29.0 Å². The zero-order chi connectivity index (χ0) is 22.9. The fraction of sp³-hybridized carbons (Fsp3) is 0.192. The maximum absolute atomic E-state index is 13.7. The number of para-hydroxylation sites is 1. The molecule has 1 fully saturated rings. The van der Waals surface area contributed by atoms with E-state index in [-0.39, 0.29) is 17.6 Å². The highest BCUT2D eigenvalue weighted by atomic mass is 16.5. The van der Waals surface area contributed by atoms with Crippen molar-refractivity contribution >= 4 is 16.9 Å². The summed E-state index contributed by atoms with van der Waals surface area (Å²) in [5.41, 5.74) is 2.54. The second-order valence-corrected chi connectivity index (χ2v) is 8.24. The van der Waals surface area contributed by atoms with Gasteiger partial charge < -0.3 is 9.64 Å². The molecule has 0 N–H and O–H groups in total. The Bertz CT molecular complexity index is 1400. The van der Waals surface area contributed by atoms with E-state index < -0.39 is 0 Å². The van der Waals surface area contributed by atoms with Gasteiger partial charge in [0.2, 0.25) is 5.91 Å². The minimum Gasteiger partial charge on any atom is -0.457 e. The molecule has 1 unspecified atom stereocenters. The summed E-state index contributed by atoms with van der Waals surface area (Å²) in [6.45, 7) is 6.55. The van der Waals surface area contributed by atoms with E-state index in [9.17, 15) is 9.59 Å². The molecular weight excluding hydrogens is 416 g/mol. The van der Waals surface area contributed by atoms with Crippen molar-refractivity contribution in [3.8, 4) is 17.2 Å². The van der Waals surface area contributed by atoms with Gasteiger partial charge in [-0.25, -0.2) is 4.79 Å². The van der Waals surface area contributed by atoms with E-state index in [0.717, 1.165) is 11.3 Å². The van der Waals surface area contributed by atoms with Crippen LogP contribution in [-0.4, -0.2) is 38.0 Å². The minimum atomic E-state index is -0.163. The number of nitrogens with zero attached hydrogens (tertiary/aromatic N) is 4. The quantitative estimate of drug-likeness (QED) is 0.433. The van der Waals surface area contributed by atoms with Crippen LogP contribution >= 0.6 is 0 Å². The van der Waals surface area contributed by atoms with E-state index >= 15 is 0 Å². The van der Waals surface area contributed by atoms with E-state index in [1.54, 1.807) is 33.4 Å². The summed E-state index contributed by atoms with van der Waals surface area (Å²) in [5, 5.41) is 0. The monoisotopic (exact) mass is 440 g/mol. The third-order valence-electron chi connectivity index (χ3n) is 5.91. The standard InChI is InChI=1S/C26H24N4O3/c1-18(2)25(31)28-14-12-20(17-28)30-23-11-13-27-16-24(23)29(26(30)32)19-7-6-10-22(15-19)33-21-8-4-3-5-9-21/h3-11,13,15-16,20H,1,12,14,17H2,2H3. The summed E-state index contributed by atoms with van der Waals surface area (Å²) in [4.78, 5) is 32.1. The number of fused-ring (bicyclic) bond motifs is 1. The van der Waals surface area contributed by atoms with E-state index in [2.05, 4.69) is 11.6 Å². The van der Waals surface area contributed by atoms with Gasteiger partial charge in [0.1, 0.15) is 11.5 Å². The van der Waals surface area contributed by atoms with E-state index in [4.69, 9.17) is 4.74 Å². The molecule has 1 aliphatic heterocycles. The van der Waals surface area contributed by atoms with Crippen molar-refractivity contribution in [1.82, 2.24) is 19.0 Å². The van der Waals surface area contributed by atoms with Crippen LogP contribution in [0.25, 0.3) is 16.7 Å². The van der Waals surface area contributed by atoms with Crippen LogP contribution in [0.2, 0.25) is 0 Å². The Balaban J connectivity index is 1.55. The number of ether oxygens (including phenoxy) is 1. The van der Waals surface area contributed by atoms with Crippen molar-refractivity contribution < 1.29 is 9.53 Å². The SMILES string of the molecule is C=C(C)C(=O)N1CCC(n2c(=O)n(-c3cccc(Oc4ccccc4)c3)c3cnccc32)C1. The first-order valence-corrected chi connectivity index (χ1v) is 10.9. The van der Waals surface area contributed by atoms with Crippen molar-refractivity contribution in [2.75, 3.05) is 13.1 Å². The molecule has 0 spiro atoms. The molecule has 7 heteroatoms. The second kappa shape index (κ2) is 8.43. The lowest BCUT2D eigenvalue weighted by Gasteiger charge is -2.17. The Morgan fingerprint density at radius 2 is 1.85 bits per heavy atom. The van der Waals surface area contributed by atoms with Crippen LogP contribution in [0.5, 0.6) is 11.5 Å². The van der Waals surface area contributed by atoms with Crippen molar-refractivity contribution in [3.63, 3.8) is 0 Å². The molecule has 5 rings (SSSR count). The fourth-order valence-corrected chi connectivity index (χ4v) is 4.39. The Labute approximate surface area is 191 Å². The smallest absolute Gasteiger partial charge is 0.334 e. The van der Waals surface area contributed by atoms with Crippen molar-refractivity contribution in [1.29, 1.82) is 0 Å². The van der Waals surface area contributed by atoms with Crippen molar-refractivity contribution in [3.05, 3.63) is 95.7 Å². The highest BCUT2D eigenvalue weighted by molar-refractivity contribution is 5.92. The van der Waals surface area contributed by atoms with E-state index in [0.29, 0.717) is 42.0 Å². The highest BCUT2D eigenvalue weighted by Gasteiger charge is 2.31. The van der Waals surface area contributed by atoms with Crippen LogP contribution in [0.4, 0.5) is 0 Å². The molecule has 4 aromatic rings. The number of hydrogen-bond donors (Lipinski definition) is 0. The van der Waals surface area contributed by atoms with Crippen molar-refractivity contribution in [2.24, 2.45) is 0 Å². The summed E-state index contributed by atoms with van der Waals surface area (Å²) in [7, 11) is 0. The van der Waals surface area contributed by atoms with Gasteiger partial charge >= 0.3 is 5.69 Å². The van der Waals surface area contributed by atoms with Crippen LogP contribution in [0.3, 0.4) is 0 Å². The van der Waals surface area contributed by atoms with Gasteiger partial charge in [0.15, 0.2) is 0 Å². The number of imidazole rings is 1. The molecule has 0 aliphatic carbocycles. The van der Waals surface area contributed by atoms with Gasteiger partial charge in [0, 0.05) is 30.9 Å². The molecule has 0 radical (unpaired) electrons. The zero-order valence-corrected chi connectivity index (χ0v) is 18.3. The van der Waals surface area contributed by atoms with Gasteiger partial charge in [-0.15, -0.1) is 0 Å². The molecule has 33 heavy (non-hydrogen) atoms. The molecule has 3 heterocycles. The normalized spacial score (nSPS) is 15.7. The summed E-state index contributed by atoms with van der Waals surface area (Å²) in [5.74, 6) is 1.29. The molecule has 2 aromatic heterocycles. The largest absolute Gasteiger partial charge is 0.457 e. The Hall–Kier alpha value is -4.13. The average Bonchev–Trinajstić information content (AvgIpc) is 3.41. The van der Waals surface area contributed by atoms with Crippen LogP contribution in [0, 0.1) is 0 Å². The molecule has 0 bridgehead atoms. The number of hydrogen-bond acceptors (Lipinski definition) is 4. The number of aromatic nitrogens is 3. The maximum Gasteiger partial charge on any atom is 0.334 e. The predicted molar refractivity (Wildman–Crippen MR) is 127 cm³/mol. The molecular formula is C26H24N4O3. The number of carbonyl (C=O) groups is 1. The lowest BCUT2D eigenvalue weighted by molar-refractivity contribution is -0.126. The third kappa shape index (κ3) is 3.82. The highest BCUT2D eigenvalue weighted by Crippen LogP contribution is 2.28. The van der Waals surface area contributed by atoms with E-state index in [1.165, 1.54) is 0 Å². The molecule has 1 amide bonds. The fourth-order valence-electron chi connectivity index (χ4n) is 4.39. The van der Waals surface area contributed by atoms with Crippen LogP contribution in [0.15, 0.2) is 90.0 Å². The maximum atomic E-state index is 13.7. The van der Waals surface area contributed by atoms with E-state index in [1.807, 2.05) is 60.7 Å². The van der Waals surface area contributed by atoms with Gasteiger partial charge in [-0.2, -0.15) is 0 Å². The topological polar surface area (TPSA) is 69.4 Å². The lowest BCUT2D eigenvalue weighted by Crippen LogP contribution is -2.32. The Morgan fingerprint density at radius 3 is 2.64 bits per heavy atom. The molecule has 1 saturated heterocycles. The number of carbonyl (C=O) groups excluding carboxylic acids is 1. The third-order valence-corrected chi connectivity index (χ3v) is 5.91. The summed E-state index contributed by atoms with van der Waals surface area (Å²) in [6, 6.07) is 18.7. The Morgan fingerprint density at radius 1 is 1.06 bits per heavy atom. The van der Waals surface area contributed by atoms with Crippen LogP contribution in [-0.2, 0) is 4.79 Å². The summed E-state index contributed by atoms with van der Waals surface area (Å²) >= 11 is 0. The van der Waals surface area contributed by atoms with Gasteiger partial charge in [-0.1, -0.05) is 30.8 Å². The van der Waals surface area contributed by atoms with Gasteiger partial charge in [-0.05, 0) is 43.7 Å². The predicted octanol–water partition coefficient (Wildman–Crippen LogP) is 4.33. The lowest BCUT2D eigenvalue weighted by atomic mass is 10.2. The number of likely N-dealkylation sites (tertiary alicyclic amines) is 1. The number of benzene rings is 2. The first-order valence-electron chi connectivity index (χ1n) is 10.9. The number of pyridine rings is 1. The van der Waals surface area contributed by atoms with Crippen LogP contribution in [0.1, 0.15) is 19.4 Å². The molecule has 166 valence electrons. The van der Waals surface area contributed by atoms with Crippen molar-refractivity contribution in [2.45, 2.75) is 19.4 Å². The second-order valence-electron chi connectivity index (χ2n) is 8.24. The minimum absolute atomic E-state index is 0.0679. The first kappa shape index (κ1) is 20.8. The summed E-state index contributed by atoms with van der Waals surface area (Å²) in [6.07, 6.45) is 4.09. The molecule has 0 saturated carbocycles. The van der Waals surface area contributed by atoms with Gasteiger partial charge in [0.25, 0.3) is 0 Å². The van der Waals surface area contributed by atoms with Crippen LogP contribution < -0.4 is 10.4 Å². The molecule has 1 atom stereocenters. The average molecular weight is 441 g/mol. The Kier molecular flexibility index (Phi) is 5.30. The number of amides is 1. The zero-order valence-electron chi connectivity index (χ0n) is 18.3.